The predicted octanol–water partition coefficient (Wildman–Crippen LogP) is 4.65. The number of para-hydroxylation sites is 1. The van der Waals surface area contributed by atoms with Gasteiger partial charge in [0.2, 0.25) is 0 Å². The van der Waals surface area contributed by atoms with Crippen molar-refractivity contribution in [3.05, 3.63) is 100 Å². The number of aromatic nitrogens is 4. The maximum absolute atomic E-state index is 14.2. The van der Waals surface area contributed by atoms with E-state index in [0.717, 1.165) is 23.8 Å². The highest BCUT2D eigenvalue weighted by molar-refractivity contribution is 6.04. The van der Waals surface area contributed by atoms with Gasteiger partial charge in [-0.05, 0) is 55.5 Å². The molecule has 0 bridgehead atoms. The summed E-state index contributed by atoms with van der Waals surface area (Å²) in [7, 11) is 0. The lowest BCUT2D eigenvalue weighted by atomic mass is 10.0. The van der Waals surface area contributed by atoms with E-state index >= 15 is 0 Å². The molecule has 6 rings (SSSR count). The van der Waals surface area contributed by atoms with Crippen LogP contribution in [-0.4, -0.2) is 25.1 Å². The average Bonchev–Trinajstić information content (AvgIpc) is 3.59. The second kappa shape index (κ2) is 10.1. The minimum absolute atomic E-state index is 0.0860. The molecule has 0 spiro atoms. The topological polar surface area (TPSA) is 107 Å². The molecule has 0 unspecified atom stereocenters. The van der Waals surface area contributed by atoms with Gasteiger partial charge in [-0.25, -0.2) is 9.50 Å². The van der Waals surface area contributed by atoms with Crippen LogP contribution in [0.15, 0.2) is 77.9 Å². The van der Waals surface area contributed by atoms with Crippen molar-refractivity contribution in [2.45, 2.75) is 38.6 Å². The number of fused-ring (bicyclic) bond motifs is 2. The van der Waals surface area contributed by atoms with E-state index in [2.05, 4.69) is 27.2 Å². The third kappa shape index (κ3) is 4.53. The van der Waals surface area contributed by atoms with Crippen molar-refractivity contribution in [1.29, 1.82) is 0 Å². The van der Waals surface area contributed by atoms with Crippen LogP contribution in [0.1, 0.15) is 60.3 Å². The number of hydrogen-bond acceptors (Lipinski definition) is 5. The molecule has 8 heteroatoms. The first kappa shape index (κ1) is 24.4. The zero-order valence-corrected chi connectivity index (χ0v) is 21.6. The lowest BCUT2D eigenvalue weighted by Gasteiger charge is -2.21. The Bertz CT molecular complexity index is 1820. The molecular formula is C31H28N6O2. The second-order valence-corrected chi connectivity index (χ2v) is 9.91. The van der Waals surface area contributed by atoms with Crippen LogP contribution in [0, 0.1) is 17.8 Å². The molecule has 2 aromatic carbocycles. The SMILES string of the molecule is C[C@@H](NC(=O)c1c(N)nn2cccnc12)c1cc2cccc(C#CC3CCCC3)c2c(=O)n1-c1ccccc1. The zero-order valence-electron chi connectivity index (χ0n) is 21.6. The number of nitrogens with zero attached hydrogens (tertiary/aromatic N) is 4. The first-order valence-electron chi connectivity index (χ1n) is 13.2. The molecule has 3 N–H and O–H groups in total. The fourth-order valence-corrected chi connectivity index (χ4v) is 5.36. The minimum Gasteiger partial charge on any atom is -0.381 e. The smallest absolute Gasteiger partial charge is 0.264 e. The summed E-state index contributed by atoms with van der Waals surface area (Å²) in [5.74, 6) is 6.75. The van der Waals surface area contributed by atoms with Gasteiger partial charge in [0, 0.05) is 35.3 Å². The molecular weight excluding hydrogens is 488 g/mol. The fraction of sp³-hybridized carbons (Fsp3) is 0.226. The van der Waals surface area contributed by atoms with Gasteiger partial charge in [-0.15, -0.1) is 5.10 Å². The molecule has 0 saturated heterocycles. The first-order valence-corrected chi connectivity index (χ1v) is 13.2. The van der Waals surface area contributed by atoms with Crippen LogP contribution < -0.4 is 16.6 Å². The number of nitrogens with one attached hydrogen (secondary N) is 1. The van der Waals surface area contributed by atoms with Crippen molar-refractivity contribution < 1.29 is 4.79 Å². The van der Waals surface area contributed by atoms with Crippen molar-refractivity contribution >= 4 is 28.1 Å². The summed E-state index contributed by atoms with van der Waals surface area (Å²) in [5.41, 5.74) is 8.53. The molecule has 1 amide bonds. The maximum Gasteiger partial charge on any atom is 0.264 e. The molecule has 1 saturated carbocycles. The molecule has 39 heavy (non-hydrogen) atoms. The van der Waals surface area contributed by atoms with Crippen molar-refractivity contribution in [2.75, 3.05) is 5.73 Å². The van der Waals surface area contributed by atoms with E-state index < -0.39 is 11.9 Å². The summed E-state index contributed by atoms with van der Waals surface area (Å²) in [6, 6.07) is 18.3. The van der Waals surface area contributed by atoms with Gasteiger partial charge < -0.3 is 11.1 Å². The zero-order chi connectivity index (χ0) is 26.9. The molecule has 1 aliphatic carbocycles. The van der Waals surface area contributed by atoms with Crippen LogP contribution in [0.4, 0.5) is 5.82 Å². The van der Waals surface area contributed by atoms with Gasteiger partial charge in [0.05, 0.1) is 11.4 Å². The number of carbonyl (C=O) groups is 1. The Morgan fingerprint density at radius 3 is 2.69 bits per heavy atom. The first-order chi connectivity index (χ1) is 19.0. The molecule has 3 aromatic heterocycles. The molecule has 0 radical (unpaired) electrons. The van der Waals surface area contributed by atoms with Crippen molar-refractivity contribution in [2.24, 2.45) is 5.92 Å². The molecule has 1 fully saturated rings. The van der Waals surface area contributed by atoms with Crippen molar-refractivity contribution in [1.82, 2.24) is 24.5 Å². The Labute approximate surface area is 225 Å². The number of anilines is 1. The minimum atomic E-state index is -0.541. The van der Waals surface area contributed by atoms with Crippen molar-refractivity contribution in [3.8, 4) is 17.5 Å². The molecule has 8 nitrogen and oxygen atoms in total. The standard InChI is InChI=1S/C31H28N6O2/c1-20(34-30(38)27-28(32)35-36-18-8-17-33-29(27)36)25-19-23-12-7-11-22(16-15-21-9-5-6-10-21)26(23)31(39)37(25)24-13-3-2-4-14-24/h2-4,7-8,11-14,17-21H,5-6,9-10H2,1H3,(H2,32,35)(H,34,38)/t20-/m1/s1. The Kier molecular flexibility index (Phi) is 6.33. The molecule has 1 atom stereocenters. The maximum atomic E-state index is 14.2. The Morgan fingerprint density at radius 1 is 1.10 bits per heavy atom. The lowest BCUT2D eigenvalue weighted by molar-refractivity contribution is 0.0941. The molecule has 194 valence electrons. The van der Waals surface area contributed by atoms with Crippen LogP contribution in [0.3, 0.4) is 0 Å². The van der Waals surface area contributed by atoms with Crippen LogP contribution in [0.25, 0.3) is 22.1 Å². The predicted molar refractivity (Wildman–Crippen MR) is 152 cm³/mol. The van der Waals surface area contributed by atoms with E-state index in [9.17, 15) is 9.59 Å². The van der Waals surface area contributed by atoms with Gasteiger partial charge in [-0.2, -0.15) is 0 Å². The summed E-state index contributed by atoms with van der Waals surface area (Å²) in [6.07, 6.45) is 7.91. The Balaban J connectivity index is 1.46. The Morgan fingerprint density at radius 2 is 1.90 bits per heavy atom. The van der Waals surface area contributed by atoms with Gasteiger partial charge in [-0.3, -0.25) is 14.2 Å². The van der Waals surface area contributed by atoms with Gasteiger partial charge >= 0.3 is 0 Å². The number of benzene rings is 2. The van der Waals surface area contributed by atoms with Crippen molar-refractivity contribution in [3.63, 3.8) is 0 Å². The van der Waals surface area contributed by atoms with E-state index in [4.69, 9.17) is 5.73 Å². The summed E-state index contributed by atoms with van der Waals surface area (Å²) in [5, 5.41) is 8.55. The molecule has 5 aromatic rings. The van der Waals surface area contributed by atoms with Crippen LogP contribution in [-0.2, 0) is 0 Å². The van der Waals surface area contributed by atoms with Crippen LogP contribution in [0.5, 0.6) is 0 Å². The van der Waals surface area contributed by atoms with E-state index in [0.29, 0.717) is 28.3 Å². The molecule has 1 aliphatic rings. The highest BCUT2D eigenvalue weighted by Crippen LogP contribution is 2.26. The quantitative estimate of drug-likeness (QED) is 0.338. The van der Waals surface area contributed by atoms with Crippen LogP contribution in [0.2, 0.25) is 0 Å². The Hall–Kier alpha value is -4.90. The number of amides is 1. The third-order valence-electron chi connectivity index (χ3n) is 7.30. The van der Waals surface area contributed by atoms with Gasteiger partial charge in [0.1, 0.15) is 5.56 Å². The van der Waals surface area contributed by atoms with E-state index in [1.165, 1.54) is 17.4 Å². The fourth-order valence-electron chi connectivity index (χ4n) is 5.36. The molecule has 3 heterocycles. The number of nitrogen functional groups attached to an aromatic ring is 1. The average molecular weight is 517 g/mol. The number of nitrogens with two attached hydrogens (primary N) is 1. The lowest BCUT2D eigenvalue weighted by Crippen LogP contribution is -2.32. The summed E-state index contributed by atoms with van der Waals surface area (Å²) in [4.78, 5) is 31.8. The van der Waals surface area contributed by atoms with Gasteiger partial charge in [-0.1, -0.05) is 55.0 Å². The third-order valence-corrected chi connectivity index (χ3v) is 7.30. The van der Waals surface area contributed by atoms with Gasteiger partial charge in [0.15, 0.2) is 11.5 Å². The summed E-state index contributed by atoms with van der Waals surface area (Å²) < 4.78 is 3.13. The second-order valence-electron chi connectivity index (χ2n) is 9.91. The van der Waals surface area contributed by atoms with Gasteiger partial charge in [0.25, 0.3) is 11.5 Å². The summed E-state index contributed by atoms with van der Waals surface area (Å²) in [6.45, 7) is 1.84. The van der Waals surface area contributed by atoms with E-state index in [1.54, 1.807) is 23.0 Å². The largest absolute Gasteiger partial charge is 0.381 e. The molecule has 0 aliphatic heterocycles. The number of pyridine rings is 1. The number of carbonyl (C=O) groups excluding carboxylic acids is 1. The summed E-state index contributed by atoms with van der Waals surface area (Å²) >= 11 is 0. The van der Waals surface area contributed by atoms with E-state index in [1.807, 2.05) is 61.5 Å². The monoisotopic (exact) mass is 516 g/mol. The van der Waals surface area contributed by atoms with E-state index in [-0.39, 0.29) is 16.9 Å². The van der Waals surface area contributed by atoms with Crippen LogP contribution >= 0.6 is 0 Å². The number of hydrogen-bond donors (Lipinski definition) is 2. The normalized spacial score (nSPS) is 14.3. The number of rotatable bonds is 4. The highest BCUT2D eigenvalue weighted by Gasteiger charge is 2.24. The highest BCUT2D eigenvalue weighted by atomic mass is 16.2.